The number of hydrogen-bond acceptors (Lipinski definition) is 3. The number of rotatable bonds is 3. The van der Waals surface area contributed by atoms with Crippen LogP contribution in [0.3, 0.4) is 0 Å². The summed E-state index contributed by atoms with van der Waals surface area (Å²) in [6.45, 7) is 6.15. The number of halogens is 2. The highest BCUT2D eigenvalue weighted by Gasteiger charge is 2.26. The molecule has 0 aliphatic carbocycles. The van der Waals surface area contributed by atoms with E-state index in [1.54, 1.807) is 0 Å². The average Bonchev–Trinajstić information content (AvgIpc) is 2.90. The molecule has 1 aromatic heterocycles. The van der Waals surface area contributed by atoms with E-state index >= 15 is 0 Å². The summed E-state index contributed by atoms with van der Waals surface area (Å²) in [5, 5.41) is 3.48. The van der Waals surface area contributed by atoms with E-state index in [9.17, 15) is 0 Å². The molecule has 22 heavy (non-hydrogen) atoms. The standard InChI is InChI=1S/C16H21BrN4.ClH/c1-12-9-13(3-4-14(12)17)11-21-8-5-18-10-15(21)16-19-6-7-20(16)2;/h3-4,6-7,9,15,18H,5,8,10-11H2,1-2H3;1H. The Morgan fingerprint density at radius 1 is 1.41 bits per heavy atom. The van der Waals surface area contributed by atoms with Crippen molar-refractivity contribution in [3.05, 3.63) is 52.0 Å². The van der Waals surface area contributed by atoms with Gasteiger partial charge in [0.25, 0.3) is 0 Å². The summed E-state index contributed by atoms with van der Waals surface area (Å²) in [7, 11) is 2.07. The number of benzene rings is 1. The van der Waals surface area contributed by atoms with Gasteiger partial charge in [0.15, 0.2) is 0 Å². The van der Waals surface area contributed by atoms with Crippen LogP contribution in [0.15, 0.2) is 35.1 Å². The van der Waals surface area contributed by atoms with Crippen LogP contribution in [0.4, 0.5) is 0 Å². The number of aryl methyl sites for hydroxylation is 2. The Kier molecular flexibility index (Phi) is 6.03. The van der Waals surface area contributed by atoms with E-state index in [1.807, 2.05) is 12.4 Å². The van der Waals surface area contributed by atoms with Crippen LogP contribution in [0.1, 0.15) is 23.0 Å². The van der Waals surface area contributed by atoms with Crippen molar-refractivity contribution in [1.82, 2.24) is 19.8 Å². The lowest BCUT2D eigenvalue weighted by Crippen LogP contribution is -2.46. The van der Waals surface area contributed by atoms with Crippen LogP contribution < -0.4 is 5.32 Å². The molecule has 0 radical (unpaired) electrons. The fraction of sp³-hybridized carbons (Fsp3) is 0.438. The summed E-state index contributed by atoms with van der Waals surface area (Å²) in [5.74, 6) is 1.14. The van der Waals surface area contributed by atoms with E-state index in [0.717, 1.165) is 32.0 Å². The Labute approximate surface area is 146 Å². The Balaban J connectivity index is 0.00000176. The van der Waals surface area contributed by atoms with Crippen LogP contribution in [-0.4, -0.2) is 34.1 Å². The molecule has 1 fully saturated rings. The molecule has 1 aliphatic heterocycles. The van der Waals surface area contributed by atoms with Gasteiger partial charge in [-0.05, 0) is 24.1 Å². The number of hydrogen-bond donors (Lipinski definition) is 1. The number of nitrogens with zero attached hydrogens (tertiary/aromatic N) is 3. The predicted molar refractivity (Wildman–Crippen MR) is 95.4 cm³/mol. The van der Waals surface area contributed by atoms with Gasteiger partial charge in [0, 0.05) is 50.1 Å². The van der Waals surface area contributed by atoms with Gasteiger partial charge in [-0.1, -0.05) is 28.1 Å². The number of nitrogens with one attached hydrogen (secondary N) is 1. The largest absolute Gasteiger partial charge is 0.337 e. The van der Waals surface area contributed by atoms with E-state index < -0.39 is 0 Å². The lowest BCUT2D eigenvalue weighted by atomic mass is 10.1. The molecule has 1 unspecified atom stereocenters. The molecule has 0 saturated carbocycles. The van der Waals surface area contributed by atoms with Gasteiger partial charge >= 0.3 is 0 Å². The van der Waals surface area contributed by atoms with Crippen LogP contribution in [-0.2, 0) is 13.6 Å². The monoisotopic (exact) mass is 384 g/mol. The van der Waals surface area contributed by atoms with Crippen molar-refractivity contribution in [2.45, 2.75) is 19.5 Å². The summed E-state index contributed by atoms with van der Waals surface area (Å²) < 4.78 is 3.30. The van der Waals surface area contributed by atoms with Gasteiger partial charge in [0.2, 0.25) is 0 Å². The Bertz CT molecular complexity index is 628. The molecule has 2 heterocycles. The maximum absolute atomic E-state index is 4.54. The second kappa shape index (κ2) is 7.59. The Morgan fingerprint density at radius 3 is 2.91 bits per heavy atom. The molecule has 120 valence electrons. The molecule has 1 saturated heterocycles. The van der Waals surface area contributed by atoms with Crippen molar-refractivity contribution in [3.8, 4) is 0 Å². The molecule has 1 atom stereocenters. The molecule has 6 heteroatoms. The first-order valence-corrected chi connectivity index (χ1v) is 8.11. The first kappa shape index (κ1) is 17.5. The van der Waals surface area contributed by atoms with Crippen LogP contribution in [0, 0.1) is 6.92 Å². The second-order valence-corrected chi connectivity index (χ2v) is 6.52. The molecule has 0 spiro atoms. The van der Waals surface area contributed by atoms with E-state index in [1.165, 1.54) is 15.6 Å². The molecule has 1 N–H and O–H groups in total. The molecule has 0 bridgehead atoms. The highest BCUT2D eigenvalue weighted by Crippen LogP contribution is 2.24. The van der Waals surface area contributed by atoms with E-state index in [4.69, 9.17) is 0 Å². The lowest BCUT2D eigenvalue weighted by molar-refractivity contribution is 0.144. The predicted octanol–water partition coefficient (Wildman–Crippen LogP) is 3.06. The summed E-state index contributed by atoms with van der Waals surface area (Å²) >= 11 is 3.57. The third-order valence-electron chi connectivity index (χ3n) is 4.12. The first-order valence-electron chi connectivity index (χ1n) is 7.32. The van der Waals surface area contributed by atoms with E-state index in [-0.39, 0.29) is 12.4 Å². The van der Waals surface area contributed by atoms with Crippen LogP contribution in [0.5, 0.6) is 0 Å². The first-order chi connectivity index (χ1) is 10.1. The number of aromatic nitrogens is 2. The van der Waals surface area contributed by atoms with Crippen molar-refractivity contribution >= 4 is 28.3 Å². The van der Waals surface area contributed by atoms with Crippen molar-refractivity contribution in [2.75, 3.05) is 19.6 Å². The molecule has 2 aromatic rings. The fourth-order valence-electron chi connectivity index (χ4n) is 2.93. The Morgan fingerprint density at radius 2 is 2.23 bits per heavy atom. The zero-order valence-corrected chi connectivity index (χ0v) is 15.3. The van der Waals surface area contributed by atoms with Gasteiger partial charge in [-0.25, -0.2) is 4.98 Å². The third kappa shape index (κ3) is 3.71. The van der Waals surface area contributed by atoms with Crippen LogP contribution >= 0.6 is 28.3 Å². The summed E-state index contributed by atoms with van der Waals surface area (Å²) in [6.07, 6.45) is 3.90. The van der Waals surface area contributed by atoms with Gasteiger partial charge in [-0.2, -0.15) is 0 Å². The minimum Gasteiger partial charge on any atom is -0.337 e. The zero-order valence-electron chi connectivity index (χ0n) is 12.9. The second-order valence-electron chi connectivity index (χ2n) is 5.67. The summed E-state index contributed by atoms with van der Waals surface area (Å²) in [4.78, 5) is 7.05. The van der Waals surface area contributed by atoms with Gasteiger partial charge in [0.05, 0.1) is 6.04 Å². The maximum atomic E-state index is 4.54. The van der Waals surface area contributed by atoms with Crippen LogP contribution in [0.2, 0.25) is 0 Å². The molecule has 3 rings (SSSR count). The van der Waals surface area contributed by atoms with Gasteiger partial charge in [-0.15, -0.1) is 12.4 Å². The molecule has 4 nitrogen and oxygen atoms in total. The molecular formula is C16H22BrClN4. The topological polar surface area (TPSA) is 33.1 Å². The zero-order chi connectivity index (χ0) is 14.8. The van der Waals surface area contributed by atoms with Gasteiger partial charge < -0.3 is 9.88 Å². The lowest BCUT2D eigenvalue weighted by Gasteiger charge is -2.35. The smallest absolute Gasteiger partial charge is 0.127 e. The van der Waals surface area contributed by atoms with Crippen molar-refractivity contribution in [1.29, 1.82) is 0 Å². The summed E-state index contributed by atoms with van der Waals surface area (Å²) in [6, 6.07) is 6.95. The quantitative estimate of drug-likeness (QED) is 0.881. The minimum atomic E-state index is 0. The minimum absolute atomic E-state index is 0. The van der Waals surface area contributed by atoms with Crippen molar-refractivity contribution < 1.29 is 0 Å². The normalized spacial score (nSPS) is 19.0. The summed E-state index contributed by atoms with van der Waals surface area (Å²) in [5.41, 5.74) is 2.65. The molecule has 1 aromatic carbocycles. The molecule has 0 amide bonds. The number of piperazine rings is 1. The fourth-order valence-corrected chi connectivity index (χ4v) is 3.17. The maximum Gasteiger partial charge on any atom is 0.127 e. The highest BCUT2D eigenvalue weighted by molar-refractivity contribution is 9.10. The molecule has 1 aliphatic rings. The molecular weight excluding hydrogens is 364 g/mol. The van der Waals surface area contributed by atoms with E-state index in [2.05, 4.69) is 67.9 Å². The third-order valence-corrected chi connectivity index (χ3v) is 5.01. The Hall–Kier alpha value is -0.880. The van der Waals surface area contributed by atoms with E-state index in [0.29, 0.717) is 6.04 Å². The van der Waals surface area contributed by atoms with Crippen molar-refractivity contribution in [3.63, 3.8) is 0 Å². The van der Waals surface area contributed by atoms with Gasteiger partial charge in [-0.3, -0.25) is 4.90 Å². The highest BCUT2D eigenvalue weighted by atomic mass is 79.9. The number of imidazole rings is 1. The van der Waals surface area contributed by atoms with Gasteiger partial charge in [0.1, 0.15) is 5.82 Å². The average molecular weight is 386 g/mol. The SMILES string of the molecule is Cc1cc(CN2CCNCC2c2nccn2C)ccc1Br.Cl. The van der Waals surface area contributed by atoms with Crippen LogP contribution in [0.25, 0.3) is 0 Å². The van der Waals surface area contributed by atoms with Crippen molar-refractivity contribution in [2.24, 2.45) is 7.05 Å².